The number of amides is 1. The van der Waals surface area contributed by atoms with Gasteiger partial charge < -0.3 is 24.0 Å². The van der Waals surface area contributed by atoms with Crippen molar-refractivity contribution < 1.29 is 52.4 Å². The highest BCUT2D eigenvalue weighted by Crippen LogP contribution is 2.52. The third-order valence-corrected chi connectivity index (χ3v) is 7.81. The average Bonchev–Trinajstić information content (AvgIpc) is 3.04. The fraction of sp³-hybridized carbons (Fsp3) is 0.632. The minimum atomic E-state index is -4.55. The van der Waals surface area contributed by atoms with Crippen LogP contribution in [0.15, 0.2) is 48.5 Å². The maximum absolute atomic E-state index is 13.4. The first-order chi connectivity index (χ1) is 23.8. The van der Waals surface area contributed by atoms with E-state index in [0.29, 0.717) is 31.4 Å². The zero-order valence-electron chi connectivity index (χ0n) is 32.0. The molecule has 288 valence electrons. The van der Waals surface area contributed by atoms with Crippen molar-refractivity contribution in [1.29, 1.82) is 0 Å². The summed E-state index contributed by atoms with van der Waals surface area (Å²) in [5, 5.41) is 11.2. The Kier molecular flexibility index (Phi) is 18.3. The molecule has 1 atom stereocenters. The Bertz CT molecular complexity index is 1340. The van der Waals surface area contributed by atoms with Gasteiger partial charge in [0.25, 0.3) is 0 Å². The van der Waals surface area contributed by atoms with Gasteiger partial charge in [-0.25, -0.2) is 19.1 Å². The SMILES string of the molecule is CC(C)(C)OOP(=O)(OOC(C)(C)C)Oc1ccc([C@H](O)CN(CCCCCCOCCCCc2ccccc2)C(=O)OC(C)(C)C)cc1C=O. The quantitative estimate of drug-likeness (QED) is 0.0407. The van der Waals surface area contributed by atoms with Crippen LogP contribution in [0.2, 0.25) is 0 Å². The number of aliphatic hydroxyl groups excluding tert-OH is 1. The Morgan fingerprint density at radius 1 is 0.804 bits per heavy atom. The number of unbranched alkanes of at least 4 members (excludes halogenated alkanes) is 4. The lowest BCUT2D eigenvalue weighted by Crippen LogP contribution is -2.39. The smallest absolute Gasteiger partial charge is 0.444 e. The van der Waals surface area contributed by atoms with E-state index in [9.17, 15) is 19.3 Å². The molecule has 0 aromatic heterocycles. The normalized spacial score (nSPS) is 13.1. The van der Waals surface area contributed by atoms with E-state index >= 15 is 0 Å². The van der Waals surface area contributed by atoms with Gasteiger partial charge in [0.1, 0.15) is 11.4 Å². The molecule has 51 heavy (non-hydrogen) atoms. The molecule has 0 spiro atoms. The summed E-state index contributed by atoms with van der Waals surface area (Å²) >= 11 is 0. The van der Waals surface area contributed by atoms with Gasteiger partial charge in [0, 0.05) is 19.8 Å². The number of carbonyl (C=O) groups excluding carboxylic acids is 2. The molecule has 0 radical (unpaired) electrons. The standard InChI is InChI=1S/C38H60NO11P/c1-36(2,3)45-35(42)39(24-16-10-11-17-25-44-26-18-15-21-30-19-13-12-14-20-30)28-33(41)31-22-23-34(32(27-31)29-40)46-51(43,49-47-37(4,5)6)50-48-38(7,8)9/h12-14,19-20,22-23,27,29,33,41H,10-11,15-18,21,24-26,28H2,1-9H3/t33-/m1/s1. The molecule has 2 rings (SSSR count). The molecule has 0 aliphatic carbocycles. The van der Waals surface area contributed by atoms with Crippen molar-refractivity contribution in [2.24, 2.45) is 0 Å². The van der Waals surface area contributed by atoms with E-state index < -0.39 is 36.8 Å². The van der Waals surface area contributed by atoms with E-state index in [2.05, 4.69) is 24.3 Å². The molecule has 1 N–H and O–H groups in total. The number of nitrogens with zero attached hydrogens (tertiary/aromatic N) is 1. The van der Waals surface area contributed by atoms with Gasteiger partial charge in [0.15, 0.2) is 6.29 Å². The van der Waals surface area contributed by atoms with Gasteiger partial charge in [0.05, 0.1) is 29.4 Å². The number of phosphoric acid groups is 1. The summed E-state index contributed by atoms with van der Waals surface area (Å²) in [7, 11) is -4.55. The maximum atomic E-state index is 13.4. The van der Waals surface area contributed by atoms with E-state index in [1.807, 2.05) is 6.07 Å². The molecule has 0 saturated heterocycles. The predicted octanol–water partition coefficient (Wildman–Crippen LogP) is 9.35. The van der Waals surface area contributed by atoms with Crippen molar-refractivity contribution >= 4 is 20.2 Å². The molecule has 0 aliphatic heterocycles. The van der Waals surface area contributed by atoms with Gasteiger partial charge in [-0.1, -0.05) is 49.2 Å². The van der Waals surface area contributed by atoms with Crippen LogP contribution in [0.25, 0.3) is 0 Å². The Morgan fingerprint density at radius 2 is 1.39 bits per heavy atom. The van der Waals surface area contributed by atoms with Crippen LogP contribution in [0, 0.1) is 0 Å². The Hall–Kier alpha value is -2.83. The van der Waals surface area contributed by atoms with Gasteiger partial charge >= 0.3 is 13.9 Å². The highest BCUT2D eigenvalue weighted by molar-refractivity contribution is 7.48. The molecule has 0 bridgehead atoms. The third-order valence-electron chi connectivity index (χ3n) is 6.87. The fourth-order valence-corrected chi connectivity index (χ4v) is 5.59. The lowest BCUT2D eigenvalue weighted by atomic mass is 10.0. The number of aryl methyl sites for hydroxylation is 1. The molecule has 13 heteroatoms. The number of aliphatic hydroxyl groups is 1. The highest BCUT2D eigenvalue weighted by atomic mass is 31.2. The van der Waals surface area contributed by atoms with Gasteiger partial charge in [-0.15, -0.1) is 9.35 Å². The summed E-state index contributed by atoms with van der Waals surface area (Å²) in [6, 6.07) is 14.7. The molecule has 1 amide bonds. The molecule has 0 heterocycles. The largest absolute Gasteiger partial charge is 0.585 e. The topological polar surface area (TPSA) is 139 Å². The second kappa shape index (κ2) is 21.0. The number of hydrogen-bond acceptors (Lipinski definition) is 11. The number of carbonyl (C=O) groups is 2. The second-order valence-electron chi connectivity index (χ2n) is 15.4. The lowest BCUT2D eigenvalue weighted by Gasteiger charge is -2.29. The van der Waals surface area contributed by atoms with Crippen LogP contribution in [0.1, 0.15) is 128 Å². The first-order valence-corrected chi connectivity index (χ1v) is 19.2. The van der Waals surface area contributed by atoms with E-state index in [-0.39, 0.29) is 17.9 Å². The summed E-state index contributed by atoms with van der Waals surface area (Å²) in [6.45, 7) is 17.1. The summed E-state index contributed by atoms with van der Waals surface area (Å²) < 4.78 is 40.5. The second-order valence-corrected chi connectivity index (χ2v) is 16.8. The zero-order chi connectivity index (χ0) is 38.1. The molecule has 2 aromatic rings. The number of aldehydes is 1. The van der Waals surface area contributed by atoms with Gasteiger partial charge in [-0.05, 0) is 118 Å². The molecule has 0 unspecified atom stereocenters. The zero-order valence-corrected chi connectivity index (χ0v) is 32.9. The molecule has 0 saturated carbocycles. The average molecular weight is 738 g/mol. The Balaban J connectivity index is 1.97. The van der Waals surface area contributed by atoms with Crippen molar-refractivity contribution in [1.82, 2.24) is 4.90 Å². The van der Waals surface area contributed by atoms with Crippen LogP contribution in [-0.2, 0) is 39.6 Å². The Labute approximate surface area is 304 Å². The molecular formula is C38H60NO11P. The monoisotopic (exact) mass is 737 g/mol. The molecule has 0 fully saturated rings. The van der Waals surface area contributed by atoms with Crippen LogP contribution in [-0.4, -0.2) is 65.5 Å². The fourth-order valence-electron chi connectivity index (χ4n) is 4.47. The van der Waals surface area contributed by atoms with E-state index in [1.54, 1.807) is 62.3 Å². The first-order valence-electron chi connectivity index (χ1n) is 17.7. The predicted molar refractivity (Wildman–Crippen MR) is 195 cm³/mol. The Morgan fingerprint density at radius 3 is 1.96 bits per heavy atom. The van der Waals surface area contributed by atoms with Crippen LogP contribution in [0.5, 0.6) is 5.75 Å². The van der Waals surface area contributed by atoms with Gasteiger partial charge in [-0.3, -0.25) is 4.79 Å². The van der Waals surface area contributed by atoms with Crippen LogP contribution < -0.4 is 4.52 Å². The minimum Gasteiger partial charge on any atom is -0.444 e. The van der Waals surface area contributed by atoms with Crippen molar-refractivity contribution in [2.75, 3.05) is 26.3 Å². The summed E-state index contributed by atoms with van der Waals surface area (Å²) in [5.41, 5.74) is -0.849. The number of benzene rings is 2. The maximum Gasteiger partial charge on any atom is 0.585 e. The van der Waals surface area contributed by atoms with E-state index in [4.69, 9.17) is 33.1 Å². The van der Waals surface area contributed by atoms with Crippen molar-refractivity contribution in [2.45, 2.75) is 130 Å². The number of ether oxygens (including phenoxy) is 2. The van der Waals surface area contributed by atoms with Crippen LogP contribution >= 0.6 is 7.82 Å². The molecule has 0 aliphatic rings. The van der Waals surface area contributed by atoms with Crippen molar-refractivity contribution in [3.8, 4) is 5.75 Å². The van der Waals surface area contributed by atoms with Crippen LogP contribution in [0.3, 0.4) is 0 Å². The summed E-state index contributed by atoms with van der Waals surface area (Å²) in [6.07, 6.45) is 5.37. The van der Waals surface area contributed by atoms with E-state index in [0.717, 1.165) is 45.1 Å². The number of rotatable bonds is 22. The van der Waals surface area contributed by atoms with Crippen molar-refractivity contribution in [3.63, 3.8) is 0 Å². The molecule has 12 nitrogen and oxygen atoms in total. The minimum absolute atomic E-state index is 0.0484. The first kappa shape index (κ1) is 44.3. The molecule has 2 aromatic carbocycles. The van der Waals surface area contributed by atoms with Crippen LogP contribution in [0.4, 0.5) is 4.79 Å². The highest BCUT2D eigenvalue weighted by Gasteiger charge is 2.37. The van der Waals surface area contributed by atoms with Gasteiger partial charge in [0.2, 0.25) is 0 Å². The van der Waals surface area contributed by atoms with Gasteiger partial charge in [-0.2, -0.15) is 0 Å². The summed E-state index contributed by atoms with van der Waals surface area (Å²) in [5.74, 6) is -0.153. The summed E-state index contributed by atoms with van der Waals surface area (Å²) in [4.78, 5) is 37.0. The lowest BCUT2D eigenvalue weighted by molar-refractivity contribution is -0.334. The number of hydrogen-bond donors (Lipinski definition) is 1. The van der Waals surface area contributed by atoms with E-state index in [1.165, 1.54) is 28.7 Å². The van der Waals surface area contributed by atoms with Crippen molar-refractivity contribution in [3.05, 3.63) is 65.2 Å². The molecular weight excluding hydrogens is 677 g/mol. The third kappa shape index (κ3) is 19.5.